The molecule has 2 aromatic rings. The maximum Gasteiger partial charge on any atom is 0.328 e. The number of imide groups is 1. The number of carbonyl (C=O) groups excluding carboxylic acids is 2. The fraction of sp³-hybridized carbons (Fsp3) is 0.0769. The number of nitrogens with zero attached hydrogens (tertiary/aromatic N) is 1. The number of anilines is 1. The number of carbonyl (C=O) groups is 2. The molecular formula is C13H12N2O3. The molecule has 0 aliphatic rings. The van der Waals surface area contributed by atoms with E-state index in [9.17, 15) is 9.59 Å². The van der Waals surface area contributed by atoms with Crippen LogP contribution in [-0.2, 0) is 0 Å². The minimum Gasteiger partial charge on any atom is -0.459 e. The molecule has 1 aromatic heterocycles. The summed E-state index contributed by atoms with van der Waals surface area (Å²) in [7, 11) is 1.58. The van der Waals surface area contributed by atoms with Crippen LogP contribution in [0.5, 0.6) is 0 Å². The van der Waals surface area contributed by atoms with Gasteiger partial charge in [0.25, 0.3) is 5.91 Å². The second-order valence-corrected chi connectivity index (χ2v) is 3.63. The van der Waals surface area contributed by atoms with Gasteiger partial charge in [0.15, 0.2) is 5.76 Å². The minimum atomic E-state index is -0.562. The molecule has 0 aliphatic carbocycles. The summed E-state index contributed by atoms with van der Waals surface area (Å²) in [6.07, 6.45) is 1.38. The fourth-order valence-corrected chi connectivity index (χ4v) is 1.42. The molecular weight excluding hydrogens is 232 g/mol. The maximum absolute atomic E-state index is 11.8. The Morgan fingerprint density at radius 3 is 2.44 bits per heavy atom. The van der Waals surface area contributed by atoms with E-state index < -0.39 is 11.9 Å². The third-order valence-electron chi connectivity index (χ3n) is 2.41. The largest absolute Gasteiger partial charge is 0.459 e. The van der Waals surface area contributed by atoms with E-state index in [-0.39, 0.29) is 5.76 Å². The average molecular weight is 244 g/mol. The topological polar surface area (TPSA) is 62.6 Å². The van der Waals surface area contributed by atoms with E-state index >= 15 is 0 Å². The minimum absolute atomic E-state index is 0.102. The third kappa shape index (κ3) is 2.57. The Kier molecular flexibility index (Phi) is 3.43. The molecule has 0 atom stereocenters. The number of amides is 3. The van der Waals surface area contributed by atoms with Gasteiger partial charge >= 0.3 is 6.03 Å². The molecule has 5 nitrogen and oxygen atoms in total. The molecule has 1 heterocycles. The highest BCUT2D eigenvalue weighted by atomic mass is 16.3. The lowest BCUT2D eigenvalue weighted by Gasteiger charge is -2.16. The van der Waals surface area contributed by atoms with Crippen LogP contribution >= 0.6 is 0 Å². The van der Waals surface area contributed by atoms with Crippen LogP contribution in [0.15, 0.2) is 53.1 Å². The second kappa shape index (κ2) is 5.18. The lowest BCUT2D eigenvalue weighted by molar-refractivity contribution is 0.0938. The number of furan rings is 1. The smallest absolute Gasteiger partial charge is 0.328 e. The molecule has 0 spiro atoms. The molecule has 5 heteroatoms. The summed E-state index contributed by atoms with van der Waals surface area (Å²) < 4.78 is 4.90. The number of hydrogen-bond donors (Lipinski definition) is 1. The van der Waals surface area contributed by atoms with Crippen molar-refractivity contribution in [3.8, 4) is 0 Å². The zero-order chi connectivity index (χ0) is 13.0. The van der Waals surface area contributed by atoms with Gasteiger partial charge in [0.1, 0.15) is 0 Å². The van der Waals surface area contributed by atoms with Gasteiger partial charge in [0.05, 0.1) is 6.26 Å². The van der Waals surface area contributed by atoms with E-state index in [2.05, 4.69) is 5.32 Å². The van der Waals surface area contributed by atoms with Crippen LogP contribution in [0.1, 0.15) is 10.6 Å². The molecule has 92 valence electrons. The van der Waals surface area contributed by atoms with Gasteiger partial charge in [-0.2, -0.15) is 0 Å². The van der Waals surface area contributed by atoms with Crippen LogP contribution in [0.25, 0.3) is 0 Å². The van der Waals surface area contributed by atoms with E-state index in [1.807, 2.05) is 18.2 Å². The first-order valence-electron chi connectivity index (χ1n) is 5.36. The summed E-state index contributed by atoms with van der Waals surface area (Å²) in [5.74, 6) is -0.461. The van der Waals surface area contributed by atoms with Crippen LogP contribution in [0, 0.1) is 0 Å². The Labute approximate surface area is 104 Å². The first kappa shape index (κ1) is 11.9. The highest BCUT2D eigenvalue weighted by Gasteiger charge is 2.16. The average Bonchev–Trinajstić information content (AvgIpc) is 2.92. The van der Waals surface area contributed by atoms with E-state index in [4.69, 9.17) is 4.42 Å². The van der Waals surface area contributed by atoms with E-state index in [0.29, 0.717) is 5.69 Å². The molecule has 0 radical (unpaired) electrons. The zero-order valence-electron chi connectivity index (χ0n) is 9.79. The number of para-hydroxylation sites is 1. The summed E-state index contributed by atoms with van der Waals surface area (Å²) >= 11 is 0. The SMILES string of the molecule is CN(C(=O)NC(=O)c1ccco1)c1ccccc1. The van der Waals surface area contributed by atoms with Crippen LogP contribution in [0.2, 0.25) is 0 Å². The van der Waals surface area contributed by atoms with Crippen molar-refractivity contribution >= 4 is 17.6 Å². The van der Waals surface area contributed by atoms with Crippen molar-refractivity contribution < 1.29 is 14.0 Å². The summed E-state index contributed by atoms with van der Waals surface area (Å²) in [5, 5.41) is 2.23. The van der Waals surface area contributed by atoms with Crippen molar-refractivity contribution in [2.24, 2.45) is 0 Å². The molecule has 1 N–H and O–H groups in total. The van der Waals surface area contributed by atoms with Crippen molar-refractivity contribution in [3.63, 3.8) is 0 Å². The molecule has 0 aliphatic heterocycles. The molecule has 2 rings (SSSR count). The van der Waals surface area contributed by atoms with Crippen molar-refractivity contribution in [2.75, 3.05) is 11.9 Å². The molecule has 0 unspecified atom stereocenters. The lowest BCUT2D eigenvalue weighted by Crippen LogP contribution is -2.40. The Morgan fingerprint density at radius 1 is 1.11 bits per heavy atom. The quantitative estimate of drug-likeness (QED) is 0.881. The lowest BCUT2D eigenvalue weighted by atomic mass is 10.3. The number of hydrogen-bond acceptors (Lipinski definition) is 3. The van der Waals surface area contributed by atoms with E-state index in [1.165, 1.54) is 17.2 Å². The van der Waals surface area contributed by atoms with E-state index in [1.54, 1.807) is 25.2 Å². The van der Waals surface area contributed by atoms with Crippen molar-refractivity contribution in [1.82, 2.24) is 5.32 Å². The molecule has 18 heavy (non-hydrogen) atoms. The Bertz CT molecular complexity index is 535. The molecule has 0 fully saturated rings. The van der Waals surface area contributed by atoms with Crippen molar-refractivity contribution in [1.29, 1.82) is 0 Å². The van der Waals surface area contributed by atoms with Gasteiger partial charge in [-0.15, -0.1) is 0 Å². The van der Waals surface area contributed by atoms with Crippen molar-refractivity contribution in [3.05, 3.63) is 54.5 Å². The van der Waals surface area contributed by atoms with Crippen LogP contribution in [0.3, 0.4) is 0 Å². The zero-order valence-corrected chi connectivity index (χ0v) is 9.79. The highest BCUT2D eigenvalue weighted by Crippen LogP contribution is 2.11. The van der Waals surface area contributed by atoms with Crippen molar-refractivity contribution in [2.45, 2.75) is 0 Å². The monoisotopic (exact) mass is 244 g/mol. The normalized spacial score (nSPS) is 9.83. The number of benzene rings is 1. The van der Waals surface area contributed by atoms with Gasteiger partial charge in [0.2, 0.25) is 0 Å². The molecule has 0 saturated heterocycles. The Morgan fingerprint density at radius 2 is 1.83 bits per heavy atom. The first-order chi connectivity index (χ1) is 8.68. The third-order valence-corrected chi connectivity index (χ3v) is 2.41. The highest BCUT2D eigenvalue weighted by molar-refractivity contribution is 6.07. The van der Waals surface area contributed by atoms with Gasteiger partial charge in [-0.1, -0.05) is 18.2 Å². The van der Waals surface area contributed by atoms with Crippen LogP contribution in [0.4, 0.5) is 10.5 Å². The van der Waals surface area contributed by atoms with Gasteiger partial charge in [-0.25, -0.2) is 4.79 Å². The van der Waals surface area contributed by atoms with Crippen LogP contribution < -0.4 is 10.2 Å². The summed E-state index contributed by atoms with van der Waals surface area (Å²) in [6, 6.07) is 11.6. The summed E-state index contributed by atoms with van der Waals surface area (Å²) in [6.45, 7) is 0. The van der Waals surface area contributed by atoms with Crippen LogP contribution in [-0.4, -0.2) is 19.0 Å². The number of rotatable bonds is 2. The molecule has 0 bridgehead atoms. The summed E-state index contributed by atoms with van der Waals surface area (Å²) in [5.41, 5.74) is 0.697. The number of urea groups is 1. The molecule has 3 amide bonds. The van der Waals surface area contributed by atoms with Gasteiger partial charge in [0, 0.05) is 12.7 Å². The molecule has 1 aromatic carbocycles. The van der Waals surface area contributed by atoms with Gasteiger partial charge in [-0.3, -0.25) is 15.0 Å². The standard InChI is InChI=1S/C13H12N2O3/c1-15(10-6-3-2-4-7-10)13(17)14-12(16)11-8-5-9-18-11/h2-9H,1H3,(H,14,16,17). The van der Waals surface area contributed by atoms with E-state index in [0.717, 1.165) is 0 Å². The predicted molar refractivity (Wildman–Crippen MR) is 66.4 cm³/mol. The Balaban J connectivity index is 2.02. The first-order valence-corrected chi connectivity index (χ1v) is 5.36. The number of nitrogens with one attached hydrogen (secondary N) is 1. The fourth-order valence-electron chi connectivity index (χ4n) is 1.42. The summed E-state index contributed by atoms with van der Waals surface area (Å²) in [4.78, 5) is 24.7. The van der Waals surface area contributed by atoms with Gasteiger partial charge < -0.3 is 4.42 Å². The Hall–Kier alpha value is -2.56. The van der Waals surface area contributed by atoms with Gasteiger partial charge in [-0.05, 0) is 24.3 Å². The maximum atomic E-state index is 11.8. The molecule has 0 saturated carbocycles. The second-order valence-electron chi connectivity index (χ2n) is 3.63. The predicted octanol–water partition coefficient (Wildman–Crippen LogP) is 2.27.